The summed E-state index contributed by atoms with van der Waals surface area (Å²) in [5.41, 5.74) is 0. The van der Waals surface area contributed by atoms with Gasteiger partial charge in [0.2, 0.25) is 0 Å². The van der Waals surface area contributed by atoms with E-state index in [1.165, 1.54) is 0 Å². The van der Waals surface area contributed by atoms with E-state index in [2.05, 4.69) is 25.6 Å². The highest BCUT2D eigenvalue weighted by molar-refractivity contribution is 6.29. The molecule has 18 heavy (non-hydrogen) atoms. The standard InChI is InChI=1S/C11H15ClN6/c1-2-10-15-9(12)8-11(16-10)13-4-3-6-18-7-5-14-17-18/h5,7-8H,2-4,6H2,1H3,(H,13,15,16). The Morgan fingerprint density at radius 2 is 2.28 bits per heavy atom. The molecule has 2 heterocycles. The van der Waals surface area contributed by atoms with Gasteiger partial charge in [-0.05, 0) is 6.42 Å². The maximum absolute atomic E-state index is 5.91. The second-order valence-electron chi connectivity index (χ2n) is 3.79. The van der Waals surface area contributed by atoms with Crippen molar-refractivity contribution in [2.45, 2.75) is 26.3 Å². The summed E-state index contributed by atoms with van der Waals surface area (Å²) in [4.78, 5) is 8.46. The zero-order valence-corrected chi connectivity index (χ0v) is 10.9. The Kier molecular flexibility index (Phi) is 4.46. The Morgan fingerprint density at radius 1 is 1.39 bits per heavy atom. The monoisotopic (exact) mass is 266 g/mol. The molecule has 0 radical (unpaired) electrons. The molecule has 2 aromatic rings. The van der Waals surface area contributed by atoms with E-state index in [-0.39, 0.29) is 0 Å². The quantitative estimate of drug-likeness (QED) is 0.638. The number of aryl methyl sites for hydroxylation is 2. The number of rotatable bonds is 6. The van der Waals surface area contributed by atoms with Gasteiger partial charge in [-0.25, -0.2) is 9.97 Å². The number of nitrogens with one attached hydrogen (secondary N) is 1. The zero-order chi connectivity index (χ0) is 12.8. The van der Waals surface area contributed by atoms with Gasteiger partial charge in [-0.3, -0.25) is 4.68 Å². The van der Waals surface area contributed by atoms with E-state index in [0.717, 1.165) is 37.6 Å². The molecule has 0 saturated carbocycles. The third-order valence-electron chi connectivity index (χ3n) is 2.40. The molecule has 0 aliphatic carbocycles. The van der Waals surface area contributed by atoms with Gasteiger partial charge in [0.05, 0.1) is 6.20 Å². The van der Waals surface area contributed by atoms with Crippen molar-refractivity contribution in [3.8, 4) is 0 Å². The third kappa shape index (κ3) is 3.66. The summed E-state index contributed by atoms with van der Waals surface area (Å²) in [7, 11) is 0. The maximum atomic E-state index is 5.91. The number of aromatic nitrogens is 5. The van der Waals surface area contributed by atoms with Gasteiger partial charge in [-0.1, -0.05) is 23.7 Å². The van der Waals surface area contributed by atoms with Crippen LogP contribution in [0.15, 0.2) is 18.5 Å². The first kappa shape index (κ1) is 12.8. The molecule has 0 saturated heterocycles. The summed E-state index contributed by atoms with van der Waals surface area (Å²) in [6.07, 6.45) is 5.22. The highest BCUT2D eigenvalue weighted by Gasteiger charge is 2.01. The number of hydrogen-bond acceptors (Lipinski definition) is 5. The minimum Gasteiger partial charge on any atom is -0.370 e. The van der Waals surface area contributed by atoms with Gasteiger partial charge in [0.1, 0.15) is 16.8 Å². The topological polar surface area (TPSA) is 68.5 Å². The fourth-order valence-electron chi connectivity index (χ4n) is 1.52. The molecule has 0 unspecified atom stereocenters. The Morgan fingerprint density at radius 3 is 3.00 bits per heavy atom. The van der Waals surface area contributed by atoms with Crippen molar-refractivity contribution in [3.05, 3.63) is 29.4 Å². The first-order valence-electron chi connectivity index (χ1n) is 5.89. The summed E-state index contributed by atoms with van der Waals surface area (Å²) >= 11 is 5.91. The summed E-state index contributed by atoms with van der Waals surface area (Å²) < 4.78 is 1.80. The average molecular weight is 267 g/mol. The highest BCUT2D eigenvalue weighted by Crippen LogP contribution is 2.11. The molecule has 0 aromatic carbocycles. The average Bonchev–Trinajstić information content (AvgIpc) is 2.87. The van der Waals surface area contributed by atoms with Crippen LogP contribution in [0.4, 0.5) is 5.82 Å². The molecule has 2 rings (SSSR count). The molecule has 0 aliphatic rings. The predicted molar refractivity (Wildman–Crippen MR) is 69.5 cm³/mol. The molecule has 6 nitrogen and oxygen atoms in total. The Bertz CT molecular complexity index is 484. The van der Waals surface area contributed by atoms with Crippen LogP contribution < -0.4 is 5.32 Å². The molecule has 7 heteroatoms. The maximum Gasteiger partial charge on any atom is 0.134 e. The SMILES string of the molecule is CCc1nc(Cl)cc(NCCCn2ccnn2)n1. The smallest absolute Gasteiger partial charge is 0.134 e. The zero-order valence-electron chi connectivity index (χ0n) is 10.2. The number of hydrogen-bond donors (Lipinski definition) is 1. The van der Waals surface area contributed by atoms with Crippen molar-refractivity contribution in [2.75, 3.05) is 11.9 Å². The van der Waals surface area contributed by atoms with E-state index in [0.29, 0.717) is 5.15 Å². The van der Waals surface area contributed by atoms with E-state index < -0.39 is 0 Å². The Balaban J connectivity index is 1.81. The lowest BCUT2D eigenvalue weighted by Crippen LogP contribution is -2.09. The minimum absolute atomic E-state index is 0.473. The van der Waals surface area contributed by atoms with Gasteiger partial charge in [-0.15, -0.1) is 5.10 Å². The molecule has 1 N–H and O–H groups in total. The molecule has 96 valence electrons. The molecule has 2 aromatic heterocycles. The van der Waals surface area contributed by atoms with E-state index in [1.54, 1.807) is 16.9 Å². The molecule has 0 bridgehead atoms. The van der Waals surface area contributed by atoms with Crippen LogP contribution in [0.1, 0.15) is 19.2 Å². The minimum atomic E-state index is 0.473. The van der Waals surface area contributed by atoms with Gasteiger partial charge in [0, 0.05) is 31.8 Å². The lowest BCUT2D eigenvalue weighted by molar-refractivity contribution is 0.569. The van der Waals surface area contributed by atoms with Crippen LogP contribution in [0.25, 0.3) is 0 Å². The summed E-state index contributed by atoms with van der Waals surface area (Å²) in [6, 6.07) is 1.73. The van der Waals surface area contributed by atoms with E-state index in [9.17, 15) is 0 Å². The molecular formula is C11H15ClN6. The second kappa shape index (κ2) is 6.30. The van der Waals surface area contributed by atoms with Crippen molar-refractivity contribution >= 4 is 17.4 Å². The van der Waals surface area contributed by atoms with Crippen molar-refractivity contribution in [1.82, 2.24) is 25.0 Å². The first-order valence-corrected chi connectivity index (χ1v) is 6.27. The van der Waals surface area contributed by atoms with Gasteiger partial charge in [0.15, 0.2) is 0 Å². The predicted octanol–water partition coefficient (Wildman–Crippen LogP) is 1.79. The molecule has 0 amide bonds. The summed E-state index contributed by atoms with van der Waals surface area (Å²) in [5.74, 6) is 1.52. The molecule has 0 spiro atoms. The van der Waals surface area contributed by atoms with Gasteiger partial charge in [-0.2, -0.15) is 0 Å². The van der Waals surface area contributed by atoms with Crippen LogP contribution in [0.5, 0.6) is 0 Å². The van der Waals surface area contributed by atoms with Crippen molar-refractivity contribution < 1.29 is 0 Å². The molecule has 0 fully saturated rings. The number of nitrogens with zero attached hydrogens (tertiary/aromatic N) is 5. The first-order chi connectivity index (χ1) is 8.78. The van der Waals surface area contributed by atoms with Crippen molar-refractivity contribution in [3.63, 3.8) is 0 Å². The normalized spacial score (nSPS) is 10.6. The van der Waals surface area contributed by atoms with Crippen molar-refractivity contribution in [1.29, 1.82) is 0 Å². The van der Waals surface area contributed by atoms with Gasteiger partial charge >= 0.3 is 0 Å². The second-order valence-corrected chi connectivity index (χ2v) is 4.18. The molecule has 0 aliphatic heterocycles. The Labute approximate surface area is 110 Å². The van der Waals surface area contributed by atoms with Crippen molar-refractivity contribution in [2.24, 2.45) is 0 Å². The van der Waals surface area contributed by atoms with Gasteiger partial charge in [0.25, 0.3) is 0 Å². The van der Waals surface area contributed by atoms with Crippen LogP contribution in [0.3, 0.4) is 0 Å². The lowest BCUT2D eigenvalue weighted by Gasteiger charge is -2.07. The number of anilines is 1. The lowest BCUT2D eigenvalue weighted by atomic mass is 10.4. The highest BCUT2D eigenvalue weighted by atomic mass is 35.5. The van der Waals surface area contributed by atoms with Gasteiger partial charge < -0.3 is 5.32 Å². The van der Waals surface area contributed by atoms with E-state index in [1.807, 2.05) is 13.1 Å². The fraction of sp³-hybridized carbons (Fsp3) is 0.455. The van der Waals surface area contributed by atoms with E-state index in [4.69, 9.17) is 11.6 Å². The summed E-state index contributed by atoms with van der Waals surface area (Å²) in [5, 5.41) is 11.3. The van der Waals surface area contributed by atoms with Crippen LogP contribution in [-0.4, -0.2) is 31.5 Å². The number of halogens is 1. The summed E-state index contributed by atoms with van der Waals surface area (Å²) in [6.45, 7) is 3.63. The van der Waals surface area contributed by atoms with Crippen LogP contribution in [0, 0.1) is 0 Å². The fourth-order valence-corrected chi connectivity index (χ4v) is 1.72. The largest absolute Gasteiger partial charge is 0.370 e. The van der Waals surface area contributed by atoms with Crippen LogP contribution in [0.2, 0.25) is 5.15 Å². The Hall–Kier alpha value is -1.69. The van der Waals surface area contributed by atoms with Crippen LogP contribution in [-0.2, 0) is 13.0 Å². The molecular weight excluding hydrogens is 252 g/mol. The third-order valence-corrected chi connectivity index (χ3v) is 2.59. The molecule has 0 atom stereocenters. The van der Waals surface area contributed by atoms with Crippen LogP contribution >= 0.6 is 11.6 Å². The van der Waals surface area contributed by atoms with E-state index >= 15 is 0 Å².